The van der Waals surface area contributed by atoms with Gasteiger partial charge in [-0.05, 0) is 70.0 Å². The van der Waals surface area contributed by atoms with E-state index in [1.807, 2.05) is 18.2 Å². The maximum Gasteiger partial charge on any atom is 0.175 e. The number of morpholine rings is 1. The van der Waals surface area contributed by atoms with Crippen molar-refractivity contribution in [3.63, 3.8) is 0 Å². The first-order valence-electron chi connectivity index (χ1n) is 10.6. The average molecular weight is 552 g/mol. The third-order valence-corrected chi connectivity index (χ3v) is 6.59. The maximum absolute atomic E-state index is 6.26. The molecule has 0 saturated carbocycles. The zero-order valence-corrected chi connectivity index (χ0v) is 21.3. The van der Waals surface area contributed by atoms with Gasteiger partial charge in [0.1, 0.15) is 6.61 Å². The number of nitrogens with one attached hydrogen (secondary N) is 1. The lowest BCUT2D eigenvalue weighted by atomic mass is 10.2. The van der Waals surface area contributed by atoms with Crippen molar-refractivity contribution in [3.8, 4) is 11.5 Å². The Balaban J connectivity index is 1.39. The Kier molecular flexibility index (Phi) is 8.25. The summed E-state index contributed by atoms with van der Waals surface area (Å²) in [6.07, 6.45) is 0. The van der Waals surface area contributed by atoms with E-state index in [0.29, 0.717) is 34.7 Å². The largest absolute Gasteiger partial charge is 0.493 e. The van der Waals surface area contributed by atoms with Gasteiger partial charge in [-0.3, -0.25) is 0 Å². The van der Waals surface area contributed by atoms with Crippen molar-refractivity contribution in [2.45, 2.75) is 13.2 Å². The molecule has 1 N–H and O–H groups in total. The van der Waals surface area contributed by atoms with Gasteiger partial charge in [-0.2, -0.15) is 0 Å². The number of rotatable bonds is 8. The predicted molar refractivity (Wildman–Crippen MR) is 138 cm³/mol. The number of anilines is 2. The van der Waals surface area contributed by atoms with Crippen molar-refractivity contribution in [1.29, 1.82) is 0 Å². The highest BCUT2D eigenvalue weighted by Crippen LogP contribution is 2.38. The van der Waals surface area contributed by atoms with Crippen LogP contribution in [-0.4, -0.2) is 33.4 Å². The molecule has 33 heavy (non-hydrogen) atoms. The van der Waals surface area contributed by atoms with Gasteiger partial charge < -0.3 is 24.4 Å². The molecule has 0 amide bonds. The lowest BCUT2D eigenvalue weighted by Crippen LogP contribution is -2.36. The monoisotopic (exact) mass is 550 g/mol. The second kappa shape index (κ2) is 11.3. The van der Waals surface area contributed by atoms with Crippen LogP contribution in [-0.2, 0) is 17.9 Å². The maximum atomic E-state index is 6.26. The highest BCUT2D eigenvalue weighted by atomic mass is 79.9. The van der Waals surface area contributed by atoms with Gasteiger partial charge in [-0.1, -0.05) is 29.3 Å². The average Bonchev–Trinajstić information content (AvgIpc) is 2.83. The van der Waals surface area contributed by atoms with Gasteiger partial charge in [0, 0.05) is 46.6 Å². The molecule has 0 unspecified atom stereocenters. The summed E-state index contributed by atoms with van der Waals surface area (Å²) >= 11 is 15.9. The molecule has 3 aromatic rings. The van der Waals surface area contributed by atoms with Gasteiger partial charge in [0.2, 0.25) is 0 Å². The fourth-order valence-corrected chi connectivity index (χ4v) is 4.69. The van der Waals surface area contributed by atoms with Crippen LogP contribution in [0.4, 0.5) is 11.4 Å². The molecule has 1 aliphatic heterocycles. The van der Waals surface area contributed by atoms with Crippen molar-refractivity contribution in [2.75, 3.05) is 43.6 Å². The number of methoxy groups -OCH3 is 1. The Morgan fingerprint density at radius 2 is 1.79 bits per heavy atom. The third kappa shape index (κ3) is 6.27. The lowest BCUT2D eigenvalue weighted by molar-refractivity contribution is 0.122. The first-order chi connectivity index (χ1) is 16.0. The summed E-state index contributed by atoms with van der Waals surface area (Å²) in [5.41, 5.74) is 4.18. The van der Waals surface area contributed by atoms with Gasteiger partial charge in [-0.25, -0.2) is 0 Å². The SMILES string of the molecule is COc1cc(CNc2ccc(N3CCOCC3)cc2)cc(Br)c1OCc1ccc(Cl)cc1Cl. The normalized spacial score (nSPS) is 13.6. The van der Waals surface area contributed by atoms with E-state index < -0.39 is 0 Å². The molecule has 1 aliphatic rings. The molecule has 0 radical (unpaired) electrons. The second-order valence-corrected chi connectivity index (χ2v) is 9.33. The Morgan fingerprint density at radius 3 is 2.48 bits per heavy atom. The van der Waals surface area contributed by atoms with Gasteiger partial charge in [0.15, 0.2) is 11.5 Å². The number of benzene rings is 3. The van der Waals surface area contributed by atoms with E-state index in [1.54, 1.807) is 19.2 Å². The molecular weight excluding hydrogens is 527 g/mol. The van der Waals surface area contributed by atoms with Crippen LogP contribution in [0.25, 0.3) is 0 Å². The van der Waals surface area contributed by atoms with Crippen molar-refractivity contribution in [1.82, 2.24) is 0 Å². The molecule has 0 aromatic heterocycles. The Labute approximate surface area is 212 Å². The standard InChI is InChI=1S/C25H25BrCl2N2O3/c1-31-24-13-17(12-22(26)25(24)33-16-18-2-3-19(27)14-23(18)28)15-29-20-4-6-21(7-5-20)30-8-10-32-11-9-30/h2-7,12-14,29H,8-11,15-16H2,1H3. The van der Waals surface area contributed by atoms with Crippen LogP contribution in [0.2, 0.25) is 10.0 Å². The number of hydrogen-bond donors (Lipinski definition) is 1. The number of nitrogens with zero attached hydrogens (tertiary/aromatic N) is 1. The third-order valence-electron chi connectivity index (χ3n) is 5.42. The van der Waals surface area contributed by atoms with E-state index in [1.165, 1.54) is 5.69 Å². The fraction of sp³-hybridized carbons (Fsp3) is 0.280. The van der Waals surface area contributed by atoms with Gasteiger partial charge in [-0.15, -0.1) is 0 Å². The fourth-order valence-electron chi connectivity index (χ4n) is 3.62. The summed E-state index contributed by atoms with van der Waals surface area (Å²) in [6, 6.07) is 17.8. The lowest BCUT2D eigenvalue weighted by Gasteiger charge is -2.29. The molecule has 1 heterocycles. The summed E-state index contributed by atoms with van der Waals surface area (Å²) in [6.45, 7) is 4.37. The minimum Gasteiger partial charge on any atom is -0.493 e. The Hall–Kier alpha value is -2.12. The van der Waals surface area contributed by atoms with Crippen LogP contribution < -0.4 is 19.7 Å². The van der Waals surface area contributed by atoms with E-state index in [4.69, 9.17) is 37.4 Å². The summed E-state index contributed by atoms with van der Waals surface area (Å²) in [7, 11) is 1.63. The number of hydrogen-bond acceptors (Lipinski definition) is 5. The van der Waals surface area contributed by atoms with Crippen molar-refractivity contribution < 1.29 is 14.2 Å². The van der Waals surface area contributed by atoms with Gasteiger partial charge in [0.05, 0.1) is 24.8 Å². The summed E-state index contributed by atoms with van der Waals surface area (Å²) in [5.74, 6) is 1.27. The molecule has 8 heteroatoms. The minimum atomic E-state index is 0.304. The topological polar surface area (TPSA) is 43.0 Å². The quantitative estimate of drug-likeness (QED) is 0.334. The molecular formula is C25H25BrCl2N2O3. The Morgan fingerprint density at radius 1 is 1.03 bits per heavy atom. The van der Waals surface area contributed by atoms with Crippen LogP contribution in [0.3, 0.4) is 0 Å². The van der Waals surface area contributed by atoms with Gasteiger partial charge >= 0.3 is 0 Å². The molecule has 0 atom stereocenters. The predicted octanol–water partition coefficient (Wildman–Crippen LogP) is 6.79. The summed E-state index contributed by atoms with van der Waals surface area (Å²) < 4.78 is 17.8. The van der Waals surface area contributed by atoms with E-state index in [9.17, 15) is 0 Å². The zero-order valence-electron chi connectivity index (χ0n) is 18.2. The van der Waals surface area contributed by atoms with E-state index in [0.717, 1.165) is 47.6 Å². The van der Waals surface area contributed by atoms with Crippen molar-refractivity contribution in [2.24, 2.45) is 0 Å². The van der Waals surface area contributed by atoms with E-state index >= 15 is 0 Å². The first-order valence-corrected chi connectivity index (χ1v) is 12.2. The van der Waals surface area contributed by atoms with Crippen molar-refractivity contribution >= 4 is 50.5 Å². The number of ether oxygens (including phenoxy) is 3. The molecule has 3 aromatic carbocycles. The summed E-state index contributed by atoms with van der Waals surface area (Å²) in [5, 5.41) is 4.63. The molecule has 5 nitrogen and oxygen atoms in total. The van der Waals surface area contributed by atoms with E-state index in [2.05, 4.69) is 50.4 Å². The van der Waals surface area contributed by atoms with Gasteiger partial charge in [0.25, 0.3) is 0 Å². The molecule has 0 spiro atoms. The second-order valence-electron chi connectivity index (χ2n) is 7.63. The first kappa shape index (κ1) is 24.0. The van der Waals surface area contributed by atoms with E-state index in [-0.39, 0.29) is 0 Å². The highest BCUT2D eigenvalue weighted by Gasteiger charge is 2.14. The molecule has 0 bridgehead atoms. The highest BCUT2D eigenvalue weighted by molar-refractivity contribution is 9.10. The van der Waals surface area contributed by atoms with Crippen LogP contribution in [0, 0.1) is 0 Å². The molecule has 4 rings (SSSR count). The molecule has 174 valence electrons. The van der Waals surface area contributed by atoms with Crippen molar-refractivity contribution in [3.05, 3.63) is 80.2 Å². The minimum absolute atomic E-state index is 0.304. The molecule has 0 aliphatic carbocycles. The van der Waals surface area contributed by atoms with Crippen LogP contribution >= 0.6 is 39.1 Å². The van der Waals surface area contributed by atoms with Crippen LogP contribution in [0.15, 0.2) is 59.1 Å². The molecule has 1 saturated heterocycles. The Bertz CT molecular complexity index is 1090. The van der Waals surface area contributed by atoms with Crippen LogP contribution in [0.5, 0.6) is 11.5 Å². The van der Waals surface area contributed by atoms with Crippen LogP contribution in [0.1, 0.15) is 11.1 Å². The molecule has 1 fully saturated rings. The summed E-state index contributed by atoms with van der Waals surface area (Å²) in [4.78, 5) is 2.34. The zero-order chi connectivity index (χ0) is 23.2. The smallest absolute Gasteiger partial charge is 0.175 e. The number of halogens is 3.